The van der Waals surface area contributed by atoms with E-state index >= 15 is 0 Å². The number of benzene rings is 1. The second-order valence-electron chi connectivity index (χ2n) is 4.82. The zero-order valence-corrected chi connectivity index (χ0v) is 11.9. The van der Waals surface area contributed by atoms with E-state index in [0.717, 1.165) is 24.2 Å². The van der Waals surface area contributed by atoms with Crippen molar-refractivity contribution >= 4 is 5.91 Å². The second-order valence-corrected chi connectivity index (χ2v) is 4.82. The largest absolute Gasteiger partial charge is 0.352 e. The third-order valence-corrected chi connectivity index (χ3v) is 3.28. The highest BCUT2D eigenvalue weighted by Crippen LogP contribution is 2.16. The summed E-state index contributed by atoms with van der Waals surface area (Å²) >= 11 is 0. The molecule has 7 nitrogen and oxygen atoms in total. The number of aromatic nitrogens is 5. The van der Waals surface area contributed by atoms with E-state index in [0.29, 0.717) is 12.1 Å². The Bertz CT molecular complexity index is 703. The molecule has 22 heavy (non-hydrogen) atoms. The Morgan fingerprint density at radius 1 is 1.18 bits per heavy atom. The van der Waals surface area contributed by atoms with Crippen molar-refractivity contribution in [3.8, 4) is 11.3 Å². The van der Waals surface area contributed by atoms with Crippen molar-refractivity contribution in [1.82, 2.24) is 30.5 Å². The summed E-state index contributed by atoms with van der Waals surface area (Å²) in [5.74, 6) is -0.0743. The van der Waals surface area contributed by atoms with E-state index in [-0.39, 0.29) is 5.91 Å². The van der Waals surface area contributed by atoms with Gasteiger partial charge in [-0.25, -0.2) is 0 Å². The summed E-state index contributed by atoms with van der Waals surface area (Å²) in [6.07, 6.45) is 5.95. The third-order valence-electron chi connectivity index (χ3n) is 3.28. The van der Waals surface area contributed by atoms with Crippen LogP contribution in [0.25, 0.3) is 11.3 Å². The molecule has 2 heterocycles. The normalized spacial score (nSPS) is 10.5. The van der Waals surface area contributed by atoms with Crippen LogP contribution in [0.1, 0.15) is 16.8 Å². The third kappa shape index (κ3) is 3.38. The van der Waals surface area contributed by atoms with Crippen LogP contribution in [-0.4, -0.2) is 37.6 Å². The molecule has 1 aromatic carbocycles. The van der Waals surface area contributed by atoms with Crippen molar-refractivity contribution < 1.29 is 4.79 Å². The SMILES string of the molecule is O=C(NCCCn1ccnn1)c1ccc(-c2ccn[nH]2)cc1. The topological polar surface area (TPSA) is 88.5 Å². The Hall–Kier alpha value is -2.96. The molecule has 0 unspecified atom stereocenters. The van der Waals surface area contributed by atoms with E-state index in [9.17, 15) is 4.79 Å². The van der Waals surface area contributed by atoms with Crippen molar-refractivity contribution in [2.45, 2.75) is 13.0 Å². The van der Waals surface area contributed by atoms with Gasteiger partial charge in [0.1, 0.15) is 0 Å². The van der Waals surface area contributed by atoms with Gasteiger partial charge >= 0.3 is 0 Å². The molecule has 0 bridgehead atoms. The molecule has 0 saturated heterocycles. The number of aryl methyl sites for hydroxylation is 1. The highest BCUT2D eigenvalue weighted by molar-refractivity contribution is 5.94. The van der Waals surface area contributed by atoms with E-state index in [4.69, 9.17) is 0 Å². The minimum atomic E-state index is -0.0743. The second kappa shape index (κ2) is 6.66. The van der Waals surface area contributed by atoms with Crippen molar-refractivity contribution in [1.29, 1.82) is 0 Å². The first-order valence-corrected chi connectivity index (χ1v) is 7.05. The number of aromatic amines is 1. The van der Waals surface area contributed by atoms with Crippen LogP contribution < -0.4 is 5.32 Å². The number of nitrogens with zero attached hydrogens (tertiary/aromatic N) is 4. The first-order valence-electron chi connectivity index (χ1n) is 7.05. The minimum absolute atomic E-state index is 0.0743. The van der Waals surface area contributed by atoms with Crippen LogP contribution >= 0.6 is 0 Å². The summed E-state index contributed by atoms with van der Waals surface area (Å²) in [5.41, 5.74) is 2.57. The van der Waals surface area contributed by atoms with Crippen LogP contribution in [0.15, 0.2) is 48.9 Å². The first-order chi connectivity index (χ1) is 10.8. The Kier molecular flexibility index (Phi) is 4.24. The average Bonchev–Trinajstić information content (AvgIpc) is 3.25. The predicted octanol–water partition coefficient (Wildman–Crippen LogP) is 1.49. The van der Waals surface area contributed by atoms with E-state index in [1.54, 1.807) is 23.3 Å². The van der Waals surface area contributed by atoms with Gasteiger partial charge in [-0.2, -0.15) is 5.10 Å². The van der Waals surface area contributed by atoms with Crippen LogP contribution in [0.4, 0.5) is 0 Å². The Balaban J connectivity index is 1.49. The summed E-state index contributed by atoms with van der Waals surface area (Å²) in [5, 5.41) is 17.3. The first kappa shape index (κ1) is 14.0. The molecule has 0 aliphatic rings. The minimum Gasteiger partial charge on any atom is -0.352 e. The predicted molar refractivity (Wildman–Crippen MR) is 81.0 cm³/mol. The molecular formula is C15H16N6O. The van der Waals surface area contributed by atoms with E-state index in [2.05, 4.69) is 25.8 Å². The molecule has 0 atom stereocenters. The fraction of sp³-hybridized carbons (Fsp3) is 0.200. The highest BCUT2D eigenvalue weighted by Gasteiger charge is 2.06. The Morgan fingerprint density at radius 3 is 2.73 bits per heavy atom. The zero-order valence-electron chi connectivity index (χ0n) is 11.9. The summed E-state index contributed by atoms with van der Waals surface area (Å²) in [4.78, 5) is 12.0. The van der Waals surface area contributed by atoms with Crippen LogP contribution in [0.3, 0.4) is 0 Å². The molecule has 0 fully saturated rings. The molecule has 3 aromatic rings. The summed E-state index contributed by atoms with van der Waals surface area (Å²) < 4.78 is 1.74. The molecule has 0 radical (unpaired) electrons. The molecule has 0 aliphatic heterocycles. The van der Waals surface area contributed by atoms with Crippen molar-refractivity contribution in [3.05, 3.63) is 54.5 Å². The van der Waals surface area contributed by atoms with E-state index < -0.39 is 0 Å². The maximum Gasteiger partial charge on any atom is 0.251 e. The van der Waals surface area contributed by atoms with Gasteiger partial charge in [-0.15, -0.1) is 5.10 Å². The van der Waals surface area contributed by atoms with Gasteiger partial charge in [0, 0.05) is 31.0 Å². The number of carbonyl (C=O) groups excluding carboxylic acids is 1. The van der Waals surface area contributed by atoms with Gasteiger partial charge < -0.3 is 5.32 Å². The standard InChI is InChI=1S/C15H16N6O/c22-15(16-7-1-10-21-11-9-18-20-21)13-4-2-12(3-5-13)14-6-8-17-19-14/h2-6,8-9,11H,1,7,10H2,(H,16,22)(H,17,19). The number of rotatable bonds is 6. The number of hydrogen-bond donors (Lipinski definition) is 2. The fourth-order valence-corrected chi connectivity index (χ4v) is 2.11. The van der Waals surface area contributed by atoms with Gasteiger partial charge in [0.15, 0.2) is 0 Å². The number of hydrogen-bond acceptors (Lipinski definition) is 4. The van der Waals surface area contributed by atoms with Gasteiger partial charge in [0.25, 0.3) is 5.91 Å². The van der Waals surface area contributed by atoms with E-state index in [1.807, 2.05) is 30.3 Å². The van der Waals surface area contributed by atoms with Crippen LogP contribution in [0, 0.1) is 0 Å². The highest BCUT2D eigenvalue weighted by atomic mass is 16.1. The lowest BCUT2D eigenvalue weighted by molar-refractivity contribution is 0.0952. The average molecular weight is 296 g/mol. The van der Waals surface area contributed by atoms with Crippen molar-refractivity contribution in [2.24, 2.45) is 0 Å². The summed E-state index contributed by atoms with van der Waals surface area (Å²) in [6, 6.07) is 9.31. The zero-order chi connectivity index (χ0) is 15.2. The Labute approximate surface area is 127 Å². The van der Waals surface area contributed by atoms with Crippen LogP contribution in [0.2, 0.25) is 0 Å². The van der Waals surface area contributed by atoms with Gasteiger partial charge in [-0.05, 0) is 30.2 Å². The number of H-pyrrole nitrogens is 1. The molecule has 3 rings (SSSR count). The van der Waals surface area contributed by atoms with Gasteiger partial charge in [0.05, 0.1) is 11.9 Å². The molecule has 0 spiro atoms. The lowest BCUT2D eigenvalue weighted by Gasteiger charge is -2.06. The smallest absolute Gasteiger partial charge is 0.251 e. The molecule has 0 saturated carbocycles. The van der Waals surface area contributed by atoms with Gasteiger partial charge in [0.2, 0.25) is 0 Å². The van der Waals surface area contributed by atoms with Crippen molar-refractivity contribution in [3.63, 3.8) is 0 Å². The number of amides is 1. The lowest BCUT2D eigenvalue weighted by atomic mass is 10.1. The lowest BCUT2D eigenvalue weighted by Crippen LogP contribution is -2.25. The maximum absolute atomic E-state index is 12.0. The molecular weight excluding hydrogens is 280 g/mol. The van der Waals surface area contributed by atoms with E-state index in [1.165, 1.54) is 0 Å². The van der Waals surface area contributed by atoms with Crippen LogP contribution in [-0.2, 0) is 6.54 Å². The summed E-state index contributed by atoms with van der Waals surface area (Å²) in [7, 11) is 0. The molecule has 2 aromatic heterocycles. The monoisotopic (exact) mass is 296 g/mol. The van der Waals surface area contributed by atoms with Crippen molar-refractivity contribution in [2.75, 3.05) is 6.54 Å². The summed E-state index contributed by atoms with van der Waals surface area (Å²) in [6.45, 7) is 1.33. The molecule has 112 valence electrons. The number of nitrogens with one attached hydrogen (secondary N) is 2. The van der Waals surface area contributed by atoms with Gasteiger partial charge in [-0.3, -0.25) is 14.6 Å². The van der Waals surface area contributed by atoms with Crippen LogP contribution in [0.5, 0.6) is 0 Å². The van der Waals surface area contributed by atoms with Gasteiger partial charge in [-0.1, -0.05) is 17.3 Å². The number of carbonyl (C=O) groups is 1. The molecule has 7 heteroatoms. The molecule has 0 aliphatic carbocycles. The Morgan fingerprint density at radius 2 is 2.05 bits per heavy atom. The molecule has 2 N–H and O–H groups in total. The maximum atomic E-state index is 12.0. The fourth-order valence-electron chi connectivity index (χ4n) is 2.11. The molecule has 1 amide bonds. The quantitative estimate of drug-likeness (QED) is 0.674.